The summed E-state index contributed by atoms with van der Waals surface area (Å²) in [4.78, 5) is 0. The molecule has 0 amide bonds. The van der Waals surface area contributed by atoms with E-state index in [9.17, 15) is 0 Å². The number of nitrogens with one attached hydrogen (secondary N) is 1. The van der Waals surface area contributed by atoms with Crippen molar-refractivity contribution in [1.29, 1.82) is 0 Å². The Hall–Kier alpha value is -1.42. The second-order valence-electron chi connectivity index (χ2n) is 3.25. The summed E-state index contributed by atoms with van der Waals surface area (Å²) in [6.07, 6.45) is 6.16. The third-order valence-corrected chi connectivity index (χ3v) is 2.43. The molecule has 1 aromatic heterocycles. The van der Waals surface area contributed by atoms with E-state index in [0.717, 1.165) is 31.3 Å². The van der Waals surface area contributed by atoms with Crippen molar-refractivity contribution in [3.63, 3.8) is 0 Å². The molecule has 4 nitrogen and oxygen atoms in total. The van der Waals surface area contributed by atoms with Crippen LogP contribution in [0.3, 0.4) is 0 Å². The summed E-state index contributed by atoms with van der Waals surface area (Å²) in [5.74, 6) is 2.06. The zero-order valence-corrected chi connectivity index (χ0v) is 7.20. The first-order chi connectivity index (χ1) is 6.45. The Morgan fingerprint density at radius 1 is 1.38 bits per heavy atom. The molecule has 1 aliphatic heterocycles. The SMILES string of the molecule is C1=CC(c2nnc3n2CCNC3)=C1. The summed E-state index contributed by atoms with van der Waals surface area (Å²) in [6, 6.07) is 0. The minimum atomic E-state index is 0.837. The predicted molar refractivity (Wildman–Crippen MR) is 48.8 cm³/mol. The number of aromatic nitrogens is 3. The van der Waals surface area contributed by atoms with Gasteiger partial charge in [-0.3, -0.25) is 0 Å². The summed E-state index contributed by atoms with van der Waals surface area (Å²) in [5.41, 5.74) is 1.20. The molecular weight excluding hydrogens is 164 g/mol. The summed E-state index contributed by atoms with van der Waals surface area (Å²) >= 11 is 0. The van der Waals surface area contributed by atoms with Gasteiger partial charge in [0.05, 0.1) is 6.54 Å². The van der Waals surface area contributed by atoms with Gasteiger partial charge in [0.1, 0.15) is 5.82 Å². The summed E-state index contributed by atoms with van der Waals surface area (Å²) < 4.78 is 2.19. The zero-order valence-electron chi connectivity index (χ0n) is 7.20. The molecule has 0 spiro atoms. The van der Waals surface area contributed by atoms with Crippen LogP contribution in [0.1, 0.15) is 11.6 Å². The highest BCUT2D eigenvalue weighted by molar-refractivity contribution is 5.77. The van der Waals surface area contributed by atoms with Gasteiger partial charge in [-0.1, -0.05) is 18.2 Å². The quantitative estimate of drug-likeness (QED) is 0.667. The average molecular weight is 174 g/mol. The standard InChI is InChI=1S/C9H10N4/c1-2-7(3-1)9-12-11-8-6-10-4-5-13(8)9/h1-3,10H,4-6H2. The van der Waals surface area contributed by atoms with Gasteiger partial charge in [-0.05, 0) is 0 Å². The first kappa shape index (κ1) is 7.03. The van der Waals surface area contributed by atoms with Crippen LogP contribution in [0.5, 0.6) is 0 Å². The fraction of sp³-hybridized carbons (Fsp3) is 0.333. The Morgan fingerprint density at radius 3 is 3.08 bits per heavy atom. The predicted octanol–water partition coefficient (Wildman–Crippen LogP) is 0.334. The van der Waals surface area contributed by atoms with Gasteiger partial charge in [-0.25, -0.2) is 0 Å². The van der Waals surface area contributed by atoms with Gasteiger partial charge in [-0.2, -0.15) is 0 Å². The Balaban J connectivity index is 2.05. The van der Waals surface area contributed by atoms with Crippen molar-refractivity contribution in [2.24, 2.45) is 0 Å². The summed E-state index contributed by atoms with van der Waals surface area (Å²) in [7, 11) is 0. The molecule has 0 fully saturated rings. The van der Waals surface area contributed by atoms with Gasteiger partial charge in [0.2, 0.25) is 0 Å². The number of hydrogen-bond acceptors (Lipinski definition) is 3. The lowest BCUT2D eigenvalue weighted by Crippen LogP contribution is -2.29. The van der Waals surface area contributed by atoms with Crippen LogP contribution >= 0.6 is 0 Å². The van der Waals surface area contributed by atoms with Crippen molar-refractivity contribution in [1.82, 2.24) is 20.1 Å². The molecule has 0 radical (unpaired) electrons. The monoisotopic (exact) mass is 174 g/mol. The summed E-state index contributed by atoms with van der Waals surface area (Å²) in [5, 5.41) is 11.6. The van der Waals surface area contributed by atoms with E-state index in [4.69, 9.17) is 0 Å². The lowest BCUT2D eigenvalue weighted by molar-refractivity contribution is 0.503. The average Bonchev–Trinajstić information content (AvgIpc) is 2.47. The third-order valence-electron chi connectivity index (χ3n) is 2.43. The van der Waals surface area contributed by atoms with Crippen LogP contribution in [0.2, 0.25) is 0 Å². The molecule has 66 valence electrons. The molecule has 0 unspecified atom stereocenters. The van der Waals surface area contributed by atoms with E-state index in [1.54, 1.807) is 0 Å². The van der Waals surface area contributed by atoms with Crippen molar-refractivity contribution in [3.05, 3.63) is 29.9 Å². The Labute approximate surface area is 76.0 Å². The Kier molecular flexibility index (Phi) is 1.37. The van der Waals surface area contributed by atoms with E-state index in [0.29, 0.717) is 0 Å². The van der Waals surface area contributed by atoms with Crippen molar-refractivity contribution < 1.29 is 0 Å². The van der Waals surface area contributed by atoms with Crippen molar-refractivity contribution in [2.75, 3.05) is 6.54 Å². The van der Waals surface area contributed by atoms with Gasteiger partial charge >= 0.3 is 0 Å². The van der Waals surface area contributed by atoms with Gasteiger partial charge in [-0.15, -0.1) is 10.2 Å². The molecule has 0 saturated heterocycles. The highest BCUT2D eigenvalue weighted by atomic mass is 15.3. The maximum atomic E-state index is 4.17. The van der Waals surface area contributed by atoms with Crippen molar-refractivity contribution in [3.8, 4) is 0 Å². The van der Waals surface area contributed by atoms with Gasteiger partial charge in [0.15, 0.2) is 5.82 Å². The molecule has 0 saturated carbocycles. The van der Waals surface area contributed by atoms with Gasteiger partial charge in [0.25, 0.3) is 0 Å². The fourth-order valence-electron chi connectivity index (χ4n) is 1.65. The molecule has 1 aliphatic carbocycles. The number of hydrogen-bond donors (Lipinski definition) is 1. The first-order valence-corrected chi connectivity index (χ1v) is 4.47. The lowest BCUT2D eigenvalue weighted by atomic mass is 10.1. The molecule has 2 heterocycles. The molecule has 0 atom stereocenters. The first-order valence-electron chi connectivity index (χ1n) is 4.47. The zero-order chi connectivity index (χ0) is 8.67. The molecule has 4 heteroatoms. The topological polar surface area (TPSA) is 42.7 Å². The summed E-state index contributed by atoms with van der Waals surface area (Å²) in [6.45, 7) is 2.82. The largest absolute Gasteiger partial charge is 0.309 e. The number of nitrogens with zero attached hydrogens (tertiary/aromatic N) is 3. The molecule has 0 aromatic carbocycles. The smallest absolute Gasteiger partial charge is 0.164 e. The molecule has 1 aromatic rings. The second kappa shape index (κ2) is 2.53. The van der Waals surface area contributed by atoms with Gasteiger partial charge < -0.3 is 9.88 Å². The van der Waals surface area contributed by atoms with E-state index in [-0.39, 0.29) is 0 Å². The normalized spacial score (nSPS) is 19.2. The highest BCUT2D eigenvalue weighted by Crippen LogP contribution is 2.21. The van der Waals surface area contributed by atoms with E-state index >= 15 is 0 Å². The third kappa shape index (κ3) is 0.954. The molecular formula is C9H10N4. The number of fused-ring (bicyclic) bond motifs is 1. The number of allylic oxidation sites excluding steroid dienone is 4. The van der Waals surface area contributed by atoms with Crippen molar-refractivity contribution >= 4 is 5.57 Å². The van der Waals surface area contributed by atoms with E-state index in [1.807, 2.05) is 6.08 Å². The Morgan fingerprint density at radius 2 is 2.31 bits per heavy atom. The molecule has 1 N–H and O–H groups in total. The minimum absolute atomic E-state index is 0.837. The van der Waals surface area contributed by atoms with Gasteiger partial charge in [0, 0.05) is 18.7 Å². The van der Waals surface area contributed by atoms with Crippen LogP contribution in [0.4, 0.5) is 0 Å². The van der Waals surface area contributed by atoms with E-state index < -0.39 is 0 Å². The van der Waals surface area contributed by atoms with Crippen LogP contribution < -0.4 is 5.32 Å². The van der Waals surface area contributed by atoms with Crippen LogP contribution in [-0.2, 0) is 13.1 Å². The van der Waals surface area contributed by atoms with Crippen molar-refractivity contribution in [2.45, 2.75) is 13.1 Å². The highest BCUT2D eigenvalue weighted by Gasteiger charge is 2.17. The maximum Gasteiger partial charge on any atom is 0.164 e. The molecule has 2 aliphatic rings. The van der Waals surface area contributed by atoms with Crippen LogP contribution in [0.25, 0.3) is 5.57 Å². The van der Waals surface area contributed by atoms with E-state index in [1.165, 1.54) is 5.57 Å². The van der Waals surface area contributed by atoms with Crippen LogP contribution in [-0.4, -0.2) is 21.3 Å². The van der Waals surface area contributed by atoms with E-state index in [2.05, 4.69) is 32.2 Å². The minimum Gasteiger partial charge on any atom is -0.309 e. The fourth-order valence-corrected chi connectivity index (χ4v) is 1.65. The lowest BCUT2D eigenvalue weighted by Gasteiger charge is -2.17. The molecule has 0 bridgehead atoms. The number of rotatable bonds is 1. The van der Waals surface area contributed by atoms with Crippen LogP contribution in [0, 0.1) is 0 Å². The molecule has 13 heavy (non-hydrogen) atoms. The second-order valence-corrected chi connectivity index (χ2v) is 3.25. The Bertz CT molecular complexity index is 400. The van der Waals surface area contributed by atoms with Crippen LogP contribution in [0.15, 0.2) is 18.2 Å². The maximum absolute atomic E-state index is 4.17. The molecule has 3 rings (SSSR count).